The molecule has 0 bridgehead atoms. The highest BCUT2D eigenvalue weighted by Gasteiger charge is 2.49. The van der Waals surface area contributed by atoms with Crippen molar-refractivity contribution in [2.24, 2.45) is 0 Å². The molecule has 20 rings (SSSR count). The molecule has 0 saturated heterocycles. The minimum Gasteiger partial charge on any atom is -0.311 e. The smallest absolute Gasteiger partial charge is 0.252 e. The van der Waals surface area contributed by atoms with E-state index in [4.69, 9.17) is 0 Å². The number of nitrogens with zero attached hydrogens (tertiary/aromatic N) is 3. The minimum absolute atomic E-state index is 0.224. The molecule has 1 aromatic heterocycles. The van der Waals surface area contributed by atoms with Gasteiger partial charge in [0.2, 0.25) is 0 Å². The van der Waals surface area contributed by atoms with Gasteiger partial charge in [-0.15, -0.1) is 0 Å². The Kier molecular flexibility index (Phi) is 16.4. The fourth-order valence-electron chi connectivity index (χ4n) is 18.8. The molecule has 0 amide bonds. The van der Waals surface area contributed by atoms with Gasteiger partial charge in [-0.2, -0.15) is 0 Å². The lowest BCUT2D eigenvalue weighted by Gasteiger charge is -2.45. The predicted octanol–water partition coefficient (Wildman–Crippen LogP) is 14.7. The van der Waals surface area contributed by atoms with Gasteiger partial charge in [-0.25, -0.2) is 0 Å². The third-order valence-electron chi connectivity index (χ3n) is 23.4. The van der Waals surface area contributed by atoms with Gasteiger partial charge in [-0.05, 0) is 150 Å². The van der Waals surface area contributed by atoms with E-state index in [0.717, 1.165) is 56.4 Å². The molecule has 512 valence electrons. The lowest BCUT2D eigenvalue weighted by atomic mass is 9.33. The third-order valence-corrected chi connectivity index (χ3v) is 37.7. The van der Waals surface area contributed by atoms with E-state index >= 15 is 0 Å². The number of para-hydroxylation sites is 2. The van der Waals surface area contributed by atoms with Crippen LogP contribution in [0.5, 0.6) is 0 Å². The molecule has 0 radical (unpaired) electrons. The van der Waals surface area contributed by atoms with Gasteiger partial charge in [-0.1, -0.05) is 388 Å². The quantitative estimate of drug-likeness (QED) is 0.0706. The molecule has 0 spiro atoms. The molecule has 0 saturated carbocycles. The number of hydrogen-bond donors (Lipinski definition) is 0. The van der Waals surface area contributed by atoms with Crippen LogP contribution in [0.3, 0.4) is 0 Å². The summed E-state index contributed by atoms with van der Waals surface area (Å²) in [5, 5.41) is 18.3. The van der Waals surface area contributed by atoms with Crippen molar-refractivity contribution in [1.82, 2.24) is 4.57 Å². The zero-order valence-electron chi connectivity index (χ0n) is 60.1. The SMILES string of the molecule is c1ccc(-c2ccc3c(c2)N(c2ccc([Si](c4ccccc4)(c4ccccc4)c4ccccc4)cc2)c2cc(-n4c5ccccc5c5ccccc54)cc4c2B3c2ccc([Si](c3ccccc3)(c3ccccc3)c3ccccc3)cc2N4c2cccc([Si](c3ccccc3)(c3ccccc3)c3ccccc3)c2)cc1. The second-order valence-electron chi connectivity index (χ2n) is 28.9. The van der Waals surface area contributed by atoms with Crippen molar-refractivity contribution >= 4 is 165 Å². The molecule has 0 unspecified atom stereocenters. The zero-order valence-corrected chi connectivity index (χ0v) is 63.1. The second kappa shape index (κ2) is 27.3. The molecule has 109 heavy (non-hydrogen) atoms. The Morgan fingerprint density at radius 3 is 0.890 bits per heavy atom. The van der Waals surface area contributed by atoms with Crippen LogP contribution in [0, 0.1) is 0 Å². The maximum absolute atomic E-state index is 3.18. The van der Waals surface area contributed by atoms with Gasteiger partial charge >= 0.3 is 0 Å². The number of aromatic nitrogens is 1. The molecule has 0 aliphatic carbocycles. The van der Waals surface area contributed by atoms with Gasteiger partial charge in [0, 0.05) is 44.9 Å². The van der Waals surface area contributed by atoms with Crippen LogP contribution in [0.4, 0.5) is 34.1 Å². The van der Waals surface area contributed by atoms with Crippen LogP contribution in [0.15, 0.2) is 449 Å². The van der Waals surface area contributed by atoms with Crippen molar-refractivity contribution in [2.45, 2.75) is 0 Å². The van der Waals surface area contributed by atoms with E-state index < -0.39 is 24.2 Å². The molecule has 18 aromatic rings. The molecule has 0 N–H and O–H groups in total. The molecule has 3 nitrogen and oxygen atoms in total. The first kappa shape index (κ1) is 65.4. The Labute approximate surface area is 641 Å². The van der Waals surface area contributed by atoms with E-state index in [2.05, 4.69) is 463 Å². The average molecular weight is 1440 g/mol. The summed E-state index contributed by atoms with van der Waals surface area (Å²) >= 11 is 0. The molecule has 2 aliphatic heterocycles. The number of rotatable bonds is 16. The Bertz CT molecular complexity index is 5990. The maximum atomic E-state index is 2.71. The zero-order chi connectivity index (χ0) is 72.3. The first-order chi connectivity index (χ1) is 54.1. The number of hydrogen-bond acceptors (Lipinski definition) is 2. The lowest BCUT2D eigenvalue weighted by Crippen LogP contribution is -2.75. The molecule has 3 heterocycles. The highest BCUT2D eigenvalue weighted by atomic mass is 28.3. The average Bonchev–Trinajstić information content (AvgIpc) is 1.18. The van der Waals surface area contributed by atoms with E-state index in [1.807, 2.05) is 0 Å². The van der Waals surface area contributed by atoms with E-state index in [1.165, 1.54) is 95.0 Å². The first-order valence-corrected chi connectivity index (χ1v) is 43.9. The standard InChI is InChI=1S/C102H74BN3Si3/c1-11-36-75(37-12-1)76-62-68-94-98(70-76)104(77-63-65-89(66-64-77)107(80-39-13-2-14-40-80,81-41-15-3-16-42-81)82-43-17-4-18-44-82)100-72-79(106-96-60-33-31-58-92(96)93-59-32-34-61-97(93)106)73-101-102(100)103(94)95-69-67-91(109(86-51-25-8-26-52-86,87-53-27-9-28-54-87)88-55-29-10-30-56-88)74-99(95)105(101)78-38-35-57-90(71-78)108(83-45-19-5-20-46-83,84-47-21-6-22-48-84)85-49-23-7-24-50-85/h1-74H. The molecule has 0 fully saturated rings. The molecular weight excluding hydrogens is 1360 g/mol. The van der Waals surface area contributed by atoms with Gasteiger partial charge in [0.1, 0.15) is 0 Å². The van der Waals surface area contributed by atoms with E-state index in [-0.39, 0.29) is 6.71 Å². The van der Waals surface area contributed by atoms with Crippen molar-refractivity contribution < 1.29 is 0 Å². The fraction of sp³-hybridized carbons (Fsp3) is 0. The predicted molar refractivity (Wildman–Crippen MR) is 471 cm³/mol. The van der Waals surface area contributed by atoms with Crippen LogP contribution < -0.4 is 88.4 Å². The molecule has 17 aromatic carbocycles. The summed E-state index contributed by atoms with van der Waals surface area (Å²) in [6.45, 7) is -0.224. The van der Waals surface area contributed by atoms with Gasteiger partial charge in [0.25, 0.3) is 6.71 Å². The lowest BCUT2D eigenvalue weighted by molar-refractivity contribution is 1.16. The van der Waals surface area contributed by atoms with Crippen molar-refractivity contribution in [1.29, 1.82) is 0 Å². The summed E-state index contributed by atoms with van der Waals surface area (Å²) in [5.41, 5.74) is 16.2. The topological polar surface area (TPSA) is 11.4 Å². The summed E-state index contributed by atoms with van der Waals surface area (Å²) < 4.78 is 2.55. The van der Waals surface area contributed by atoms with Crippen LogP contribution >= 0.6 is 0 Å². The maximum Gasteiger partial charge on any atom is 0.252 e. The van der Waals surface area contributed by atoms with Crippen molar-refractivity contribution in [3.8, 4) is 16.8 Å². The number of fused-ring (bicyclic) bond motifs is 7. The third kappa shape index (κ3) is 10.5. The normalized spacial score (nSPS) is 12.5. The van der Waals surface area contributed by atoms with Crippen molar-refractivity contribution in [3.05, 3.63) is 449 Å². The monoisotopic (exact) mass is 1440 g/mol. The highest BCUT2D eigenvalue weighted by molar-refractivity contribution is 7.21. The van der Waals surface area contributed by atoms with Crippen LogP contribution in [0.25, 0.3) is 38.6 Å². The molecule has 7 heteroatoms. The van der Waals surface area contributed by atoms with Crippen LogP contribution in [-0.2, 0) is 0 Å². The number of anilines is 6. The van der Waals surface area contributed by atoms with Crippen LogP contribution in [0.2, 0.25) is 0 Å². The Balaban J connectivity index is 0.925. The Hall–Kier alpha value is -13.1. The van der Waals surface area contributed by atoms with E-state index in [9.17, 15) is 0 Å². The highest BCUT2D eigenvalue weighted by Crippen LogP contribution is 2.47. The Morgan fingerprint density at radius 2 is 0.486 bits per heavy atom. The molecular formula is C102H74BN3Si3. The fourth-order valence-corrected chi connectivity index (χ4v) is 33.1. The van der Waals surface area contributed by atoms with Crippen LogP contribution in [-0.4, -0.2) is 35.5 Å². The van der Waals surface area contributed by atoms with Gasteiger partial charge in [-0.3, -0.25) is 0 Å². The van der Waals surface area contributed by atoms with Crippen molar-refractivity contribution in [3.63, 3.8) is 0 Å². The van der Waals surface area contributed by atoms with Gasteiger partial charge in [0.05, 0.1) is 16.7 Å². The van der Waals surface area contributed by atoms with Gasteiger partial charge < -0.3 is 14.4 Å². The largest absolute Gasteiger partial charge is 0.311 e. The summed E-state index contributed by atoms with van der Waals surface area (Å²) in [7, 11) is -9.28. The number of benzene rings is 17. The minimum atomic E-state index is -3.18. The second-order valence-corrected chi connectivity index (χ2v) is 40.4. The van der Waals surface area contributed by atoms with Crippen molar-refractivity contribution in [2.75, 3.05) is 9.80 Å². The summed E-state index contributed by atoms with van der Waals surface area (Å²) in [5.74, 6) is 0. The van der Waals surface area contributed by atoms with Crippen LogP contribution in [0.1, 0.15) is 0 Å². The Morgan fingerprint density at radius 1 is 0.183 bits per heavy atom. The first-order valence-electron chi connectivity index (χ1n) is 37.9. The summed E-state index contributed by atoms with van der Waals surface area (Å²) in [4.78, 5) is 5.35. The molecule has 0 atom stereocenters. The summed E-state index contributed by atoms with van der Waals surface area (Å²) in [6.07, 6.45) is 0. The molecule has 2 aliphatic rings. The van der Waals surface area contributed by atoms with Gasteiger partial charge in [0.15, 0.2) is 24.2 Å². The summed E-state index contributed by atoms with van der Waals surface area (Å²) in [6, 6.07) is 171. The van der Waals surface area contributed by atoms with E-state index in [1.54, 1.807) is 0 Å². The van der Waals surface area contributed by atoms with E-state index in [0.29, 0.717) is 0 Å².